The van der Waals surface area contributed by atoms with Crippen molar-refractivity contribution in [2.75, 3.05) is 13.1 Å². The van der Waals surface area contributed by atoms with Crippen molar-refractivity contribution in [3.63, 3.8) is 0 Å². The summed E-state index contributed by atoms with van der Waals surface area (Å²) in [4.78, 5) is 18.2. The Balaban J connectivity index is 1.41. The molecule has 1 aliphatic heterocycles. The van der Waals surface area contributed by atoms with Crippen LogP contribution in [0, 0.1) is 11.8 Å². The summed E-state index contributed by atoms with van der Waals surface area (Å²) in [6.45, 7) is 6.73. The molecule has 32 heavy (non-hydrogen) atoms. The minimum Gasteiger partial charge on any atom is -0.481 e. The summed E-state index contributed by atoms with van der Waals surface area (Å²) in [6.07, 6.45) is 3.85. The largest absolute Gasteiger partial charge is 0.481 e. The summed E-state index contributed by atoms with van der Waals surface area (Å²) >= 11 is 0. The Kier molecular flexibility index (Phi) is 7.00. The molecule has 6 heteroatoms. The third kappa shape index (κ3) is 5.62. The van der Waals surface area contributed by atoms with Crippen molar-refractivity contribution in [1.29, 1.82) is 0 Å². The van der Waals surface area contributed by atoms with Crippen LogP contribution in [0.4, 0.5) is 0 Å². The van der Waals surface area contributed by atoms with Gasteiger partial charge in [-0.1, -0.05) is 61.8 Å². The lowest BCUT2D eigenvalue weighted by atomic mass is 10.0. The molecule has 1 saturated heterocycles. The topological polar surface area (TPSA) is 79.5 Å². The first-order chi connectivity index (χ1) is 15.5. The van der Waals surface area contributed by atoms with E-state index in [1.807, 2.05) is 24.3 Å². The quantitative estimate of drug-likeness (QED) is 0.545. The molecular weight excluding hydrogens is 402 g/mol. The molecule has 0 aliphatic carbocycles. The van der Waals surface area contributed by atoms with E-state index >= 15 is 0 Å². The van der Waals surface area contributed by atoms with Crippen molar-refractivity contribution in [1.82, 2.24) is 15.0 Å². The summed E-state index contributed by atoms with van der Waals surface area (Å²) in [6, 6.07) is 16.4. The van der Waals surface area contributed by atoms with Gasteiger partial charge in [-0.2, -0.15) is 4.98 Å². The molecule has 0 bridgehead atoms. The van der Waals surface area contributed by atoms with Crippen LogP contribution in [-0.4, -0.2) is 39.2 Å². The second kappa shape index (κ2) is 10.1. The predicted molar refractivity (Wildman–Crippen MR) is 124 cm³/mol. The summed E-state index contributed by atoms with van der Waals surface area (Å²) < 4.78 is 5.50. The lowest BCUT2D eigenvalue weighted by molar-refractivity contribution is -0.142. The van der Waals surface area contributed by atoms with Gasteiger partial charge in [-0.25, -0.2) is 0 Å². The molecule has 2 heterocycles. The predicted octanol–water partition coefficient (Wildman–Crippen LogP) is 5.29. The van der Waals surface area contributed by atoms with Gasteiger partial charge in [0.05, 0.1) is 5.92 Å². The van der Waals surface area contributed by atoms with Gasteiger partial charge in [0.15, 0.2) is 0 Å². The number of aromatic nitrogens is 2. The number of nitrogens with zero attached hydrogens (tertiary/aromatic N) is 3. The molecule has 6 nitrogen and oxygen atoms in total. The summed E-state index contributed by atoms with van der Waals surface area (Å²) in [7, 11) is 0. The minimum absolute atomic E-state index is 0.269. The first-order valence-electron chi connectivity index (χ1n) is 11.5. The van der Waals surface area contributed by atoms with Crippen LogP contribution in [0.15, 0.2) is 53.1 Å². The number of carboxylic acid groups (broad SMARTS) is 1. The van der Waals surface area contributed by atoms with Gasteiger partial charge in [0.25, 0.3) is 5.89 Å². The Labute approximate surface area is 189 Å². The average Bonchev–Trinajstić information content (AvgIpc) is 3.14. The van der Waals surface area contributed by atoms with Gasteiger partial charge in [0.1, 0.15) is 0 Å². The first-order valence-corrected chi connectivity index (χ1v) is 11.5. The zero-order valence-corrected chi connectivity index (χ0v) is 18.8. The number of carbonyl (C=O) groups is 1. The molecule has 1 aromatic heterocycles. The van der Waals surface area contributed by atoms with Crippen molar-refractivity contribution in [3.05, 3.63) is 59.7 Å². The van der Waals surface area contributed by atoms with Gasteiger partial charge in [-0.05, 0) is 55.0 Å². The second-order valence-corrected chi connectivity index (χ2v) is 9.18. The third-order valence-corrected chi connectivity index (χ3v) is 5.99. The fraction of sp³-hybridized carbons (Fsp3) is 0.423. The number of hydrogen-bond acceptors (Lipinski definition) is 5. The van der Waals surface area contributed by atoms with E-state index in [0.717, 1.165) is 55.5 Å². The lowest BCUT2D eigenvalue weighted by Crippen LogP contribution is -2.31. The zero-order valence-electron chi connectivity index (χ0n) is 18.8. The minimum atomic E-state index is -0.685. The molecule has 4 rings (SSSR count). The highest BCUT2D eigenvalue weighted by Crippen LogP contribution is 2.24. The maximum atomic E-state index is 11.4. The molecule has 2 aromatic carbocycles. The number of likely N-dealkylation sites (tertiary alicyclic amines) is 1. The smallest absolute Gasteiger partial charge is 0.307 e. The van der Waals surface area contributed by atoms with E-state index in [4.69, 9.17) is 4.52 Å². The highest BCUT2D eigenvalue weighted by molar-refractivity contribution is 5.70. The van der Waals surface area contributed by atoms with Crippen molar-refractivity contribution in [2.24, 2.45) is 11.8 Å². The van der Waals surface area contributed by atoms with Crippen molar-refractivity contribution < 1.29 is 14.4 Å². The van der Waals surface area contributed by atoms with Crippen molar-refractivity contribution in [2.45, 2.75) is 46.1 Å². The van der Waals surface area contributed by atoms with E-state index in [1.165, 1.54) is 5.56 Å². The van der Waals surface area contributed by atoms with Gasteiger partial charge >= 0.3 is 5.97 Å². The molecule has 3 aromatic rings. The number of hydrogen-bond donors (Lipinski definition) is 1. The third-order valence-electron chi connectivity index (χ3n) is 5.99. The van der Waals surface area contributed by atoms with E-state index in [1.54, 1.807) is 0 Å². The van der Waals surface area contributed by atoms with Crippen LogP contribution in [-0.2, 0) is 17.8 Å². The Hall–Kier alpha value is -2.99. The van der Waals surface area contributed by atoms with E-state index in [9.17, 15) is 9.90 Å². The van der Waals surface area contributed by atoms with Crippen molar-refractivity contribution >= 4 is 5.97 Å². The average molecular weight is 434 g/mol. The molecule has 1 aliphatic rings. The molecule has 1 fully saturated rings. The van der Waals surface area contributed by atoms with Crippen LogP contribution in [0.2, 0.25) is 0 Å². The summed E-state index contributed by atoms with van der Waals surface area (Å²) in [5.74, 6) is 0.753. The highest BCUT2D eigenvalue weighted by Gasteiger charge is 2.23. The molecular formula is C26H31N3O3. The second-order valence-electron chi connectivity index (χ2n) is 9.18. The first kappa shape index (κ1) is 22.2. The van der Waals surface area contributed by atoms with Crippen LogP contribution in [0.1, 0.15) is 44.2 Å². The lowest BCUT2D eigenvalue weighted by Gasteiger charge is -2.22. The fourth-order valence-corrected chi connectivity index (χ4v) is 4.30. The Bertz CT molecular complexity index is 1030. The normalized spacial score (nSPS) is 17.4. The van der Waals surface area contributed by atoms with Gasteiger partial charge in [0.2, 0.25) is 5.82 Å². The van der Waals surface area contributed by atoms with E-state index < -0.39 is 5.97 Å². The summed E-state index contributed by atoms with van der Waals surface area (Å²) in [5, 5.41) is 13.6. The van der Waals surface area contributed by atoms with Crippen LogP contribution < -0.4 is 0 Å². The van der Waals surface area contributed by atoms with Crippen LogP contribution in [0.3, 0.4) is 0 Å². The maximum Gasteiger partial charge on any atom is 0.307 e. The molecule has 0 amide bonds. The molecule has 1 N–H and O–H groups in total. The van der Waals surface area contributed by atoms with Gasteiger partial charge < -0.3 is 9.63 Å². The number of benzene rings is 2. The number of carboxylic acids is 1. The number of rotatable bonds is 7. The van der Waals surface area contributed by atoms with Gasteiger partial charge in [0, 0.05) is 24.2 Å². The monoisotopic (exact) mass is 433 g/mol. The standard InChI is InChI=1S/C26H31N3O3/c1-18(2)15-19-6-12-22(13-7-19)25-27-24(28-32-25)21-10-8-20(9-11-21)16-29-14-4-3-5-23(17-29)26(30)31/h6-13,18,23H,3-5,14-17H2,1-2H3,(H,30,31)/t23-/m1/s1. The Morgan fingerprint density at radius 3 is 2.44 bits per heavy atom. The molecule has 1 atom stereocenters. The Morgan fingerprint density at radius 1 is 1.06 bits per heavy atom. The maximum absolute atomic E-state index is 11.4. The SMILES string of the molecule is CC(C)Cc1ccc(-c2nc(-c3ccc(CN4CCCC[C@@H](C(=O)O)C4)cc3)no2)cc1. The van der Waals surface area contributed by atoms with Crippen LogP contribution in [0.25, 0.3) is 22.8 Å². The highest BCUT2D eigenvalue weighted by atomic mass is 16.5. The molecule has 168 valence electrons. The fourth-order valence-electron chi connectivity index (χ4n) is 4.30. The van der Waals surface area contributed by atoms with E-state index in [2.05, 4.69) is 53.2 Å². The number of aliphatic carboxylic acids is 1. The molecule has 0 saturated carbocycles. The van der Waals surface area contributed by atoms with Gasteiger partial charge in [-0.15, -0.1) is 0 Å². The zero-order chi connectivity index (χ0) is 22.5. The Morgan fingerprint density at radius 2 is 1.75 bits per heavy atom. The van der Waals surface area contributed by atoms with Crippen LogP contribution in [0.5, 0.6) is 0 Å². The van der Waals surface area contributed by atoms with Crippen LogP contribution >= 0.6 is 0 Å². The van der Waals surface area contributed by atoms with Gasteiger partial charge in [-0.3, -0.25) is 9.69 Å². The van der Waals surface area contributed by atoms with Crippen molar-refractivity contribution in [3.8, 4) is 22.8 Å². The molecule has 0 radical (unpaired) electrons. The van der Waals surface area contributed by atoms with E-state index in [-0.39, 0.29) is 5.92 Å². The molecule has 0 spiro atoms. The summed E-state index contributed by atoms with van der Waals surface area (Å²) in [5.41, 5.74) is 4.28. The van der Waals surface area contributed by atoms with E-state index in [0.29, 0.717) is 24.2 Å². The molecule has 0 unspecified atom stereocenters.